The largest absolute Gasteiger partial charge is 0.459 e. The van der Waals surface area contributed by atoms with E-state index in [9.17, 15) is 4.79 Å². The van der Waals surface area contributed by atoms with Gasteiger partial charge < -0.3 is 9.22 Å². The molecule has 6 rings (SSSR count). The van der Waals surface area contributed by atoms with Gasteiger partial charge in [0.15, 0.2) is 0 Å². The minimum atomic E-state index is -1.38. The van der Waals surface area contributed by atoms with E-state index in [-0.39, 0.29) is 12.1 Å². The van der Waals surface area contributed by atoms with Gasteiger partial charge in [0.05, 0.1) is 25.2 Å². The quantitative estimate of drug-likeness (QED) is 0.252. The van der Waals surface area contributed by atoms with Gasteiger partial charge in [-0.3, -0.25) is 4.18 Å². The Kier molecular flexibility index (Phi) is 6.55. The Bertz CT molecular complexity index is 1040. The Morgan fingerprint density at radius 3 is 1.89 bits per heavy atom. The number of carbonyl (C=O) groups is 1. The molecule has 1 saturated carbocycles. The van der Waals surface area contributed by atoms with E-state index in [0.717, 1.165) is 43.2 Å². The first-order valence-corrected chi connectivity index (χ1v) is 15.2. The van der Waals surface area contributed by atoms with Gasteiger partial charge in [-0.05, 0) is 34.8 Å². The van der Waals surface area contributed by atoms with Gasteiger partial charge in [0.25, 0.3) is 0 Å². The average Bonchev–Trinajstić information content (AvgIpc) is 3.39. The molecule has 0 aromatic heterocycles. The summed E-state index contributed by atoms with van der Waals surface area (Å²) in [6.07, 6.45) is 10.1. The second-order valence-corrected chi connectivity index (χ2v) is 12.8. The third kappa shape index (κ3) is 4.09. The zero-order valence-corrected chi connectivity index (χ0v) is 21.8. The third-order valence-electron chi connectivity index (χ3n) is 9.01. The number of ether oxygens (including phenoxy) is 1. The van der Waals surface area contributed by atoms with Gasteiger partial charge in [-0.25, -0.2) is 4.79 Å². The first kappa shape index (κ1) is 23.7. The van der Waals surface area contributed by atoms with Crippen molar-refractivity contribution in [3.05, 3.63) is 71.8 Å². The topological polar surface area (TPSA) is 35.5 Å². The monoisotopic (exact) mass is 512 g/mol. The van der Waals surface area contributed by atoms with Gasteiger partial charge in [-0.2, -0.15) is 0 Å². The van der Waals surface area contributed by atoms with E-state index in [4.69, 9.17) is 19.6 Å². The van der Waals surface area contributed by atoms with Crippen LogP contribution in [0.25, 0.3) is 0 Å². The molecule has 0 amide bonds. The van der Waals surface area contributed by atoms with Gasteiger partial charge in [0.1, 0.15) is 6.10 Å². The van der Waals surface area contributed by atoms with Crippen LogP contribution in [0.2, 0.25) is 0 Å². The molecule has 2 aromatic rings. The van der Waals surface area contributed by atoms with Crippen LogP contribution in [0, 0.1) is 0 Å². The zero-order valence-electron chi connectivity index (χ0n) is 20.2. The fourth-order valence-electron chi connectivity index (χ4n) is 7.07. The molecular weight excluding hydrogens is 478 g/mol. The van der Waals surface area contributed by atoms with Crippen molar-refractivity contribution in [2.45, 2.75) is 81.6 Å². The number of esters is 1. The maximum Gasteiger partial charge on any atom is 0.349 e. The van der Waals surface area contributed by atoms with Crippen LogP contribution in [-0.2, 0) is 19.3 Å². The molecule has 4 fully saturated rings. The molecular formula is C29H35ClNO3S+. The molecule has 2 bridgehead atoms. The third-order valence-corrected chi connectivity index (χ3v) is 11.1. The van der Waals surface area contributed by atoms with Crippen LogP contribution in [0.15, 0.2) is 60.7 Å². The fourth-order valence-corrected chi connectivity index (χ4v) is 9.02. The van der Waals surface area contributed by atoms with Crippen molar-refractivity contribution in [2.24, 2.45) is 0 Å². The van der Waals surface area contributed by atoms with Gasteiger partial charge in [0, 0.05) is 59.6 Å². The van der Waals surface area contributed by atoms with Crippen LogP contribution in [0.5, 0.6) is 0 Å². The molecule has 2 aromatic carbocycles. The highest BCUT2D eigenvalue weighted by Crippen LogP contribution is 2.48. The van der Waals surface area contributed by atoms with Crippen molar-refractivity contribution >= 4 is 31.5 Å². The second-order valence-electron chi connectivity index (χ2n) is 10.8. The standard InChI is InChI=1S/C29H35ClNO3S/c30-35(27-14-9-15-27)34-29(22-10-3-1-4-11-22,23-12-5-2-6-13-23)28(32)33-26-20-24-16-17-25(21-26)31(24)18-7-8-19-31/h1-6,10-13,24-26H,7-9,14-21H2/q+1. The summed E-state index contributed by atoms with van der Waals surface area (Å²) in [5.41, 5.74) is 0.166. The number of nitrogens with zero attached hydrogens (tertiary/aromatic N) is 1. The molecule has 3 saturated heterocycles. The van der Waals surface area contributed by atoms with Crippen LogP contribution >= 0.6 is 20.7 Å². The van der Waals surface area contributed by atoms with E-state index in [1.807, 2.05) is 60.7 Å². The van der Waals surface area contributed by atoms with Crippen molar-refractivity contribution in [1.29, 1.82) is 0 Å². The molecule has 4 aliphatic rings. The lowest BCUT2D eigenvalue weighted by molar-refractivity contribution is -0.956. The second kappa shape index (κ2) is 9.66. The highest BCUT2D eigenvalue weighted by Gasteiger charge is 2.57. The maximum atomic E-state index is 14.3. The Labute approximate surface area is 215 Å². The normalized spacial score (nSPS) is 28.0. The molecule has 4 nitrogen and oxygen atoms in total. The zero-order chi connectivity index (χ0) is 23.9. The SMILES string of the molecule is O=C(OC1CC2CCC(C1)[N+]21CCCC1)C(OS(Cl)=C1CCC1)(c1ccccc1)c1ccccc1. The molecule has 0 radical (unpaired) electrons. The Balaban J connectivity index is 1.35. The first-order valence-electron chi connectivity index (χ1n) is 13.2. The van der Waals surface area contributed by atoms with Crippen LogP contribution in [0.4, 0.5) is 0 Å². The number of rotatable bonds is 6. The molecule has 0 N–H and O–H groups in total. The summed E-state index contributed by atoms with van der Waals surface area (Å²) < 4.78 is 14.4. The highest BCUT2D eigenvalue weighted by atomic mass is 35.7. The van der Waals surface area contributed by atoms with E-state index >= 15 is 0 Å². The van der Waals surface area contributed by atoms with E-state index in [0.29, 0.717) is 12.1 Å². The molecule has 1 spiro atoms. The summed E-state index contributed by atoms with van der Waals surface area (Å²) in [7, 11) is 5.90. The van der Waals surface area contributed by atoms with Crippen molar-refractivity contribution in [3.8, 4) is 0 Å². The number of halogens is 1. The summed E-state index contributed by atoms with van der Waals surface area (Å²) in [6, 6.07) is 20.8. The van der Waals surface area contributed by atoms with E-state index in [1.54, 1.807) is 0 Å². The number of quaternary nitrogens is 1. The van der Waals surface area contributed by atoms with Gasteiger partial charge in [-0.15, -0.1) is 0 Å². The minimum absolute atomic E-state index is 0.0618. The van der Waals surface area contributed by atoms with Gasteiger partial charge in [-0.1, -0.05) is 60.7 Å². The summed E-state index contributed by atoms with van der Waals surface area (Å²) in [6.45, 7) is 2.62. The number of hydrogen-bond donors (Lipinski definition) is 0. The van der Waals surface area contributed by atoms with Crippen molar-refractivity contribution in [2.75, 3.05) is 13.1 Å². The first-order chi connectivity index (χ1) is 17.1. The summed E-state index contributed by atoms with van der Waals surface area (Å²) in [4.78, 5) is 15.5. The van der Waals surface area contributed by atoms with Crippen LogP contribution < -0.4 is 0 Å². The maximum absolute atomic E-state index is 14.3. The Hall–Kier alpha value is -1.66. The summed E-state index contributed by atoms with van der Waals surface area (Å²) in [5, 5.41) is 0. The molecule has 35 heavy (non-hydrogen) atoms. The van der Waals surface area contributed by atoms with Gasteiger partial charge in [0.2, 0.25) is 5.60 Å². The van der Waals surface area contributed by atoms with Gasteiger partial charge >= 0.3 is 5.97 Å². The number of benzene rings is 2. The number of piperidine rings is 1. The molecule has 1 aliphatic carbocycles. The number of hydrogen-bond acceptors (Lipinski definition) is 3. The average molecular weight is 513 g/mol. The smallest absolute Gasteiger partial charge is 0.349 e. The van der Waals surface area contributed by atoms with Crippen molar-refractivity contribution in [3.63, 3.8) is 0 Å². The van der Waals surface area contributed by atoms with E-state index in [2.05, 4.69) is 0 Å². The summed E-state index contributed by atoms with van der Waals surface area (Å²) >= 11 is 0. The molecule has 186 valence electrons. The Morgan fingerprint density at radius 1 is 0.857 bits per heavy atom. The molecule has 3 unspecified atom stereocenters. The molecule has 3 heterocycles. The number of carbonyl (C=O) groups excluding carboxylic acids is 1. The lowest BCUT2D eigenvalue weighted by Gasteiger charge is -2.47. The molecule has 3 atom stereocenters. The van der Waals surface area contributed by atoms with E-state index < -0.39 is 15.6 Å². The summed E-state index contributed by atoms with van der Waals surface area (Å²) in [5.74, 6) is -0.327. The minimum Gasteiger partial charge on any atom is -0.459 e. The predicted molar refractivity (Wildman–Crippen MR) is 142 cm³/mol. The Morgan fingerprint density at radius 2 is 1.40 bits per heavy atom. The van der Waals surface area contributed by atoms with Crippen molar-refractivity contribution in [1.82, 2.24) is 0 Å². The predicted octanol–water partition coefficient (Wildman–Crippen LogP) is 6.49. The van der Waals surface area contributed by atoms with E-state index in [1.165, 1.54) is 48.1 Å². The van der Waals surface area contributed by atoms with Crippen LogP contribution in [0.1, 0.15) is 68.9 Å². The van der Waals surface area contributed by atoms with Crippen LogP contribution in [-0.4, -0.2) is 46.6 Å². The van der Waals surface area contributed by atoms with Crippen LogP contribution in [0.3, 0.4) is 0 Å². The lowest BCUT2D eigenvalue weighted by Crippen LogP contribution is -2.60. The highest BCUT2D eigenvalue weighted by molar-refractivity contribution is 8.31. The lowest BCUT2D eigenvalue weighted by atomic mass is 9.86. The van der Waals surface area contributed by atoms with Crippen molar-refractivity contribution < 1.29 is 18.2 Å². The molecule has 3 aliphatic heterocycles. The fraction of sp³-hybridized carbons (Fsp3) is 0.517. The molecule has 6 heteroatoms.